The van der Waals surface area contributed by atoms with Gasteiger partial charge in [0.05, 0.1) is 16.7 Å². The van der Waals surface area contributed by atoms with E-state index in [9.17, 15) is 13.2 Å². The largest absolute Gasteiger partial charge is 0.489 e. The molecule has 0 spiro atoms. The van der Waals surface area contributed by atoms with Crippen molar-refractivity contribution < 1.29 is 22.7 Å². The fourth-order valence-corrected chi connectivity index (χ4v) is 6.01. The molecule has 0 bridgehead atoms. The summed E-state index contributed by atoms with van der Waals surface area (Å²) in [5, 5.41) is 2.88. The average molecular weight is 487 g/mol. The number of nitrogens with one attached hydrogen (secondary N) is 1. The molecule has 1 saturated carbocycles. The Labute approximate surface area is 202 Å². The van der Waals surface area contributed by atoms with Crippen LogP contribution in [0.1, 0.15) is 61.7 Å². The third kappa shape index (κ3) is 5.98. The molecule has 7 nitrogen and oxygen atoms in total. The first-order valence-corrected chi connectivity index (χ1v) is 13.6. The molecule has 8 heteroatoms. The monoisotopic (exact) mass is 486 g/mol. The zero-order valence-corrected chi connectivity index (χ0v) is 20.6. The normalized spacial score (nSPS) is 19.6. The Bertz CT molecular complexity index is 1060. The third-order valence-corrected chi connectivity index (χ3v) is 8.64. The average Bonchev–Trinajstić information content (AvgIpc) is 2.89. The Morgan fingerprint density at radius 1 is 1.00 bits per heavy atom. The van der Waals surface area contributed by atoms with Crippen LogP contribution in [0.2, 0.25) is 0 Å². The van der Waals surface area contributed by atoms with Gasteiger partial charge in [0.25, 0.3) is 5.91 Å². The molecule has 1 atom stereocenters. The lowest BCUT2D eigenvalue weighted by Gasteiger charge is -2.30. The van der Waals surface area contributed by atoms with E-state index in [0.29, 0.717) is 23.6 Å². The fourth-order valence-electron chi connectivity index (χ4n) is 4.60. The lowest BCUT2D eigenvalue weighted by Crippen LogP contribution is -2.38. The van der Waals surface area contributed by atoms with Crippen LogP contribution in [-0.2, 0) is 14.8 Å². The molecular weight excluding hydrogens is 452 g/mol. The molecule has 2 aromatic rings. The Hall–Kier alpha value is -2.42. The van der Waals surface area contributed by atoms with Gasteiger partial charge in [0.2, 0.25) is 10.0 Å². The van der Waals surface area contributed by atoms with Crippen molar-refractivity contribution >= 4 is 21.6 Å². The number of hydrogen-bond acceptors (Lipinski definition) is 5. The molecular formula is C26H34N2O5S. The summed E-state index contributed by atoms with van der Waals surface area (Å²) in [6.07, 6.45) is 8.32. The molecule has 1 N–H and O–H groups in total. The van der Waals surface area contributed by atoms with Crippen molar-refractivity contribution in [1.82, 2.24) is 4.31 Å². The third-order valence-electron chi connectivity index (χ3n) is 6.72. The van der Waals surface area contributed by atoms with E-state index in [2.05, 4.69) is 5.32 Å². The molecule has 0 aromatic heterocycles. The minimum atomic E-state index is -3.60. The van der Waals surface area contributed by atoms with Gasteiger partial charge in [-0.15, -0.1) is 0 Å². The minimum absolute atomic E-state index is 0.0391. The molecule has 1 aliphatic carbocycles. The van der Waals surface area contributed by atoms with E-state index in [1.807, 2.05) is 18.2 Å². The van der Waals surface area contributed by atoms with Gasteiger partial charge in [-0.25, -0.2) is 8.42 Å². The topological polar surface area (TPSA) is 84.9 Å². The molecule has 2 aromatic carbocycles. The van der Waals surface area contributed by atoms with Gasteiger partial charge in [0, 0.05) is 25.3 Å². The first-order chi connectivity index (χ1) is 16.4. The smallest absolute Gasteiger partial charge is 0.255 e. The number of rotatable bonds is 8. The van der Waals surface area contributed by atoms with E-state index in [-0.39, 0.29) is 22.9 Å². The van der Waals surface area contributed by atoms with E-state index in [1.54, 1.807) is 25.2 Å². The molecule has 1 heterocycles. The number of nitrogens with zero attached hydrogens (tertiary/aromatic N) is 1. The van der Waals surface area contributed by atoms with Gasteiger partial charge in [0.1, 0.15) is 12.4 Å². The van der Waals surface area contributed by atoms with Crippen LogP contribution in [0.5, 0.6) is 5.75 Å². The summed E-state index contributed by atoms with van der Waals surface area (Å²) < 4.78 is 39.2. The number of ether oxygens (including phenoxy) is 2. The molecule has 34 heavy (non-hydrogen) atoms. The number of carbonyl (C=O) groups excluding carboxylic acids is 1. The van der Waals surface area contributed by atoms with E-state index in [1.165, 1.54) is 16.4 Å². The summed E-state index contributed by atoms with van der Waals surface area (Å²) in [6.45, 7) is 1.20. The maximum absolute atomic E-state index is 13.0. The SMILES string of the molecule is CN(C1CCCCC1)S(=O)(=O)c1ccc(C(=O)Nc2ccccc2OCC2CCCCO2)cc1. The summed E-state index contributed by atoms with van der Waals surface area (Å²) in [4.78, 5) is 13.1. The highest BCUT2D eigenvalue weighted by Gasteiger charge is 2.29. The Morgan fingerprint density at radius 3 is 2.41 bits per heavy atom. The van der Waals surface area contributed by atoms with Crippen molar-refractivity contribution in [2.45, 2.75) is 68.4 Å². The van der Waals surface area contributed by atoms with Crippen molar-refractivity contribution in [2.24, 2.45) is 0 Å². The lowest BCUT2D eigenvalue weighted by molar-refractivity contribution is -0.0109. The zero-order valence-electron chi connectivity index (χ0n) is 19.7. The number of carbonyl (C=O) groups is 1. The van der Waals surface area contributed by atoms with Crippen molar-refractivity contribution in [3.63, 3.8) is 0 Å². The molecule has 2 aliphatic rings. The molecule has 2 fully saturated rings. The number of anilines is 1. The standard InChI is InChI=1S/C26H34N2O5S/c1-28(21-9-3-2-4-10-21)34(30,31)23-16-14-20(15-17-23)26(29)27-24-12-5-6-13-25(24)33-19-22-11-7-8-18-32-22/h5-6,12-17,21-22H,2-4,7-11,18-19H2,1H3,(H,27,29). The molecule has 184 valence electrons. The molecule has 1 amide bonds. The number of para-hydroxylation sites is 2. The number of amides is 1. The Morgan fingerprint density at radius 2 is 1.71 bits per heavy atom. The second kappa shape index (κ2) is 11.3. The molecule has 0 radical (unpaired) electrons. The van der Waals surface area contributed by atoms with E-state index < -0.39 is 10.0 Å². The Balaban J connectivity index is 1.40. The summed E-state index contributed by atoms with van der Waals surface area (Å²) in [5.41, 5.74) is 0.946. The summed E-state index contributed by atoms with van der Waals surface area (Å²) in [7, 11) is -1.94. The second-order valence-corrected chi connectivity index (χ2v) is 11.1. The number of benzene rings is 2. The van der Waals surface area contributed by atoms with Gasteiger partial charge in [-0.3, -0.25) is 4.79 Å². The molecule has 1 unspecified atom stereocenters. The van der Waals surface area contributed by atoms with Gasteiger partial charge < -0.3 is 14.8 Å². The van der Waals surface area contributed by atoms with Crippen molar-refractivity contribution in [2.75, 3.05) is 25.6 Å². The molecule has 1 saturated heterocycles. The summed E-state index contributed by atoms with van der Waals surface area (Å²) in [5.74, 6) is 0.257. The van der Waals surface area contributed by atoms with Crippen LogP contribution in [-0.4, -0.2) is 51.0 Å². The molecule has 1 aliphatic heterocycles. The van der Waals surface area contributed by atoms with Gasteiger partial charge in [-0.1, -0.05) is 31.4 Å². The van der Waals surface area contributed by atoms with Crippen molar-refractivity contribution in [3.8, 4) is 5.75 Å². The lowest BCUT2D eigenvalue weighted by atomic mass is 9.96. The number of hydrogen-bond donors (Lipinski definition) is 1. The highest BCUT2D eigenvalue weighted by Crippen LogP contribution is 2.28. The van der Waals surface area contributed by atoms with Crippen LogP contribution >= 0.6 is 0 Å². The van der Waals surface area contributed by atoms with E-state index >= 15 is 0 Å². The second-order valence-electron chi connectivity index (χ2n) is 9.09. The first kappa shape index (κ1) is 24.7. The maximum atomic E-state index is 13.0. The van der Waals surface area contributed by atoms with Gasteiger partial charge in [-0.05, 0) is 68.5 Å². The van der Waals surface area contributed by atoms with E-state index in [0.717, 1.165) is 58.0 Å². The number of sulfonamides is 1. The van der Waals surface area contributed by atoms with E-state index in [4.69, 9.17) is 9.47 Å². The predicted molar refractivity (Wildman–Crippen MR) is 132 cm³/mol. The van der Waals surface area contributed by atoms with Gasteiger partial charge in [-0.2, -0.15) is 4.31 Å². The van der Waals surface area contributed by atoms with Crippen LogP contribution in [0, 0.1) is 0 Å². The molecule has 4 rings (SSSR count). The van der Waals surface area contributed by atoms with Crippen molar-refractivity contribution in [1.29, 1.82) is 0 Å². The van der Waals surface area contributed by atoms with Gasteiger partial charge >= 0.3 is 0 Å². The Kier molecular flexibility index (Phi) is 8.24. The summed E-state index contributed by atoms with van der Waals surface area (Å²) in [6, 6.07) is 13.4. The van der Waals surface area contributed by atoms with Crippen LogP contribution in [0.4, 0.5) is 5.69 Å². The maximum Gasteiger partial charge on any atom is 0.255 e. The quantitative estimate of drug-likeness (QED) is 0.577. The van der Waals surface area contributed by atoms with Crippen LogP contribution in [0.3, 0.4) is 0 Å². The fraction of sp³-hybridized carbons (Fsp3) is 0.500. The summed E-state index contributed by atoms with van der Waals surface area (Å²) >= 11 is 0. The predicted octanol–water partition coefficient (Wildman–Crippen LogP) is 4.84. The zero-order chi connectivity index (χ0) is 24.0. The van der Waals surface area contributed by atoms with Crippen LogP contribution in [0.25, 0.3) is 0 Å². The van der Waals surface area contributed by atoms with Gasteiger partial charge in [0.15, 0.2) is 0 Å². The van der Waals surface area contributed by atoms with Crippen molar-refractivity contribution in [3.05, 3.63) is 54.1 Å². The van der Waals surface area contributed by atoms with Crippen LogP contribution < -0.4 is 10.1 Å². The highest BCUT2D eigenvalue weighted by atomic mass is 32.2. The first-order valence-electron chi connectivity index (χ1n) is 12.2. The highest BCUT2D eigenvalue weighted by molar-refractivity contribution is 7.89. The minimum Gasteiger partial charge on any atom is -0.489 e. The van der Waals surface area contributed by atoms with Crippen LogP contribution in [0.15, 0.2) is 53.4 Å².